The van der Waals surface area contributed by atoms with Gasteiger partial charge in [-0.1, -0.05) is 33.8 Å². The quantitative estimate of drug-likeness (QED) is 0.662. The summed E-state index contributed by atoms with van der Waals surface area (Å²) in [5.74, 6) is 0.331. The lowest BCUT2D eigenvalue weighted by Gasteiger charge is -2.04. The highest BCUT2D eigenvalue weighted by molar-refractivity contribution is 9.10. The van der Waals surface area contributed by atoms with Gasteiger partial charge in [-0.15, -0.1) is 0 Å². The predicted molar refractivity (Wildman–Crippen MR) is 72.1 cm³/mol. The van der Waals surface area contributed by atoms with Crippen LogP contribution >= 0.6 is 27.7 Å². The summed E-state index contributed by atoms with van der Waals surface area (Å²) in [7, 11) is 0. The second-order valence-electron chi connectivity index (χ2n) is 3.19. The van der Waals surface area contributed by atoms with E-state index in [-0.39, 0.29) is 11.0 Å². The lowest BCUT2D eigenvalue weighted by molar-refractivity contribution is 0.623. The number of amidine groups is 1. The molecule has 86 valence electrons. The minimum atomic E-state index is -0.246. The van der Waals surface area contributed by atoms with Crippen LogP contribution in [0.4, 0.5) is 4.39 Å². The van der Waals surface area contributed by atoms with Crippen molar-refractivity contribution in [1.29, 1.82) is 5.41 Å². The van der Waals surface area contributed by atoms with Crippen LogP contribution in [0, 0.1) is 11.2 Å². The highest BCUT2D eigenvalue weighted by atomic mass is 79.9. The number of hydrogen-bond acceptors (Lipinski definition) is 2. The summed E-state index contributed by atoms with van der Waals surface area (Å²) in [6.45, 7) is 1.84. The van der Waals surface area contributed by atoms with Gasteiger partial charge >= 0.3 is 0 Å². The van der Waals surface area contributed by atoms with Crippen molar-refractivity contribution in [3.8, 4) is 0 Å². The van der Waals surface area contributed by atoms with E-state index >= 15 is 0 Å². The number of nitrogens with two attached hydrogens (primary N) is 1. The Morgan fingerprint density at radius 1 is 1.62 bits per heavy atom. The largest absolute Gasteiger partial charge is 0.379 e. The highest BCUT2D eigenvalue weighted by Gasteiger charge is 2.04. The molecule has 1 rings (SSSR count). The Balaban J connectivity index is 2.82. The summed E-state index contributed by atoms with van der Waals surface area (Å²) < 4.78 is 14.3. The average Bonchev–Trinajstić information content (AvgIpc) is 2.21. The van der Waals surface area contributed by atoms with Crippen LogP contribution < -0.4 is 5.73 Å². The molecule has 3 N–H and O–H groups in total. The molecule has 0 fully saturated rings. The number of allylic oxidation sites excluding steroid dienone is 1. The molecule has 0 amide bonds. The van der Waals surface area contributed by atoms with Crippen molar-refractivity contribution in [2.45, 2.75) is 6.92 Å². The lowest BCUT2D eigenvalue weighted by atomic mass is 10.1. The van der Waals surface area contributed by atoms with Crippen molar-refractivity contribution in [1.82, 2.24) is 0 Å². The summed E-state index contributed by atoms with van der Waals surface area (Å²) in [6.07, 6.45) is 1.86. The average molecular weight is 303 g/mol. The van der Waals surface area contributed by atoms with E-state index in [1.165, 1.54) is 17.8 Å². The standard InChI is InChI=1S/C11H12BrFN2S/c1-7(4-5-16-11(14)15)9-6-8(12)2-3-10(9)13/h2-4,6H,5H2,1H3,(H3,14,15). The molecule has 1 aromatic rings. The molecule has 0 aliphatic heterocycles. The van der Waals surface area contributed by atoms with Gasteiger partial charge < -0.3 is 5.73 Å². The minimum absolute atomic E-state index is 0.0683. The molecule has 0 aliphatic rings. The number of benzene rings is 1. The second kappa shape index (κ2) is 6.06. The fraction of sp³-hybridized carbons (Fsp3) is 0.182. The van der Waals surface area contributed by atoms with Crippen molar-refractivity contribution in [3.63, 3.8) is 0 Å². The van der Waals surface area contributed by atoms with Gasteiger partial charge in [0.15, 0.2) is 5.17 Å². The van der Waals surface area contributed by atoms with E-state index in [1.807, 2.05) is 13.0 Å². The summed E-state index contributed by atoms with van der Waals surface area (Å²) in [4.78, 5) is 0. The maximum atomic E-state index is 13.5. The van der Waals surface area contributed by atoms with Crippen molar-refractivity contribution in [3.05, 3.63) is 40.1 Å². The first-order chi connectivity index (χ1) is 7.50. The second-order valence-corrected chi connectivity index (χ2v) is 5.16. The zero-order valence-electron chi connectivity index (χ0n) is 8.76. The molecule has 5 heteroatoms. The molecule has 0 radical (unpaired) electrons. The van der Waals surface area contributed by atoms with Crippen LogP contribution in [-0.2, 0) is 0 Å². The fourth-order valence-corrected chi connectivity index (χ4v) is 2.04. The molecule has 0 aliphatic carbocycles. The molecule has 0 atom stereocenters. The Morgan fingerprint density at radius 3 is 2.94 bits per heavy atom. The van der Waals surface area contributed by atoms with Crippen LogP contribution in [0.5, 0.6) is 0 Å². The van der Waals surface area contributed by atoms with Crippen LogP contribution in [0.25, 0.3) is 5.57 Å². The predicted octanol–water partition coefficient (Wildman–Crippen LogP) is 3.62. The van der Waals surface area contributed by atoms with Gasteiger partial charge in [0.25, 0.3) is 0 Å². The third-order valence-corrected chi connectivity index (χ3v) is 3.12. The zero-order chi connectivity index (χ0) is 12.1. The first-order valence-electron chi connectivity index (χ1n) is 4.59. The van der Waals surface area contributed by atoms with Gasteiger partial charge in [0.05, 0.1) is 0 Å². The van der Waals surface area contributed by atoms with Gasteiger partial charge in [-0.05, 0) is 30.7 Å². The molecule has 0 saturated heterocycles. The Hall–Kier alpha value is -0.810. The molecule has 0 spiro atoms. The van der Waals surface area contributed by atoms with Gasteiger partial charge in [0, 0.05) is 15.8 Å². The summed E-state index contributed by atoms with van der Waals surface area (Å²) >= 11 is 4.52. The maximum Gasteiger partial charge on any atom is 0.151 e. The number of thioether (sulfide) groups is 1. The van der Waals surface area contributed by atoms with Crippen molar-refractivity contribution < 1.29 is 4.39 Å². The maximum absolute atomic E-state index is 13.5. The third-order valence-electron chi connectivity index (χ3n) is 1.98. The minimum Gasteiger partial charge on any atom is -0.379 e. The van der Waals surface area contributed by atoms with Crippen LogP contribution in [0.2, 0.25) is 0 Å². The van der Waals surface area contributed by atoms with Gasteiger partial charge in [-0.3, -0.25) is 5.41 Å². The van der Waals surface area contributed by atoms with E-state index in [0.717, 1.165) is 10.0 Å². The first-order valence-corrected chi connectivity index (χ1v) is 6.37. The zero-order valence-corrected chi connectivity index (χ0v) is 11.2. The van der Waals surface area contributed by atoms with E-state index in [1.54, 1.807) is 12.1 Å². The molecule has 0 aromatic heterocycles. The Morgan fingerprint density at radius 2 is 2.31 bits per heavy atom. The summed E-state index contributed by atoms with van der Waals surface area (Å²) in [6, 6.07) is 4.82. The van der Waals surface area contributed by atoms with E-state index in [0.29, 0.717) is 11.3 Å². The van der Waals surface area contributed by atoms with E-state index in [9.17, 15) is 4.39 Å². The van der Waals surface area contributed by atoms with E-state index in [2.05, 4.69) is 15.9 Å². The molecule has 1 aromatic carbocycles. The molecule has 0 saturated carbocycles. The first kappa shape index (κ1) is 13.3. The Bertz CT molecular complexity index is 432. The smallest absolute Gasteiger partial charge is 0.151 e. The monoisotopic (exact) mass is 302 g/mol. The van der Waals surface area contributed by atoms with Crippen molar-refractivity contribution in [2.75, 3.05) is 5.75 Å². The number of hydrogen-bond donors (Lipinski definition) is 2. The van der Waals surface area contributed by atoms with Gasteiger partial charge in [0.2, 0.25) is 0 Å². The topological polar surface area (TPSA) is 49.9 Å². The molecule has 0 bridgehead atoms. The summed E-state index contributed by atoms with van der Waals surface area (Å²) in [5.41, 5.74) is 6.62. The highest BCUT2D eigenvalue weighted by Crippen LogP contribution is 2.22. The number of halogens is 2. The molecular weight excluding hydrogens is 291 g/mol. The normalized spacial score (nSPS) is 11.6. The molecule has 0 heterocycles. The molecular formula is C11H12BrFN2S. The van der Waals surface area contributed by atoms with Crippen molar-refractivity contribution >= 4 is 38.4 Å². The lowest BCUT2D eigenvalue weighted by Crippen LogP contribution is -2.03. The Labute approximate surface area is 107 Å². The van der Waals surface area contributed by atoms with Crippen LogP contribution in [0.1, 0.15) is 12.5 Å². The van der Waals surface area contributed by atoms with E-state index in [4.69, 9.17) is 11.1 Å². The van der Waals surface area contributed by atoms with Crippen LogP contribution in [0.15, 0.2) is 28.7 Å². The molecule has 2 nitrogen and oxygen atoms in total. The van der Waals surface area contributed by atoms with Gasteiger partial charge in [0.1, 0.15) is 5.82 Å². The van der Waals surface area contributed by atoms with E-state index < -0.39 is 0 Å². The number of nitrogens with one attached hydrogen (secondary N) is 1. The SMILES string of the molecule is CC(=CCSC(=N)N)c1cc(Br)ccc1F. The molecule has 0 unspecified atom stereocenters. The third kappa shape index (κ3) is 3.98. The van der Waals surface area contributed by atoms with Gasteiger partial charge in [-0.25, -0.2) is 4.39 Å². The molecule has 16 heavy (non-hydrogen) atoms. The van der Waals surface area contributed by atoms with Gasteiger partial charge in [-0.2, -0.15) is 0 Å². The Kier molecular flexibility index (Phi) is 5.02. The summed E-state index contributed by atoms with van der Waals surface area (Å²) in [5, 5.41) is 7.12. The fourth-order valence-electron chi connectivity index (χ4n) is 1.17. The van der Waals surface area contributed by atoms with Crippen LogP contribution in [-0.4, -0.2) is 10.9 Å². The van der Waals surface area contributed by atoms with Crippen molar-refractivity contribution in [2.24, 2.45) is 5.73 Å². The number of rotatable bonds is 3. The van der Waals surface area contributed by atoms with Crippen LogP contribution in [0.3, 0.4) is 0 Å².